The minimum absolute atomic E-state index is 0.0616. The molecule has 0 radical (unpaired) electrons. The van der Waals surface area contributed by atoms with E-state index in [9.17, 15) is 14.4 Å². The number of rotatable bonds is 4. The van der Waals surface area contributed by atoms with Crippen LogP contribution in [0.4, 0.5) is 5.69 Å². The van der Waals surface area contributed by atoms with E-state index in [1.54, 1.807) is 6.20 Å². The van der Waals surface area contributed by atoms with Crippen molar-refractivity contribution in [3.05, 3.63) is 92.9 Å². The van der Waals surface area contributed by atoms with E-state index in [4.69, 9.17) is 5.73 Å². The van der Waals surface area contributed by atoms with Crippen molar-refractivity contribution >= 4 is 22.5 Å². The van der Waals surface area contributed by atoms with Crippen molar-refractivity contribution < 1.29 is 4.79 Å². The van der Waals surface area contributed by atoms with Crippen LogP contribution in [0, 0.1) is 0 Å². The number of carbonyl (C=O) groups is 1. The molecule has 8 nitrogen and oxygen atoms in total. The van der Waals surface area contributed by atoms with E-state index in [2.05, 4.69) is 51.7 Å². The molecule has 0 spiro atoms. The second kappa shape index (κ2) is 8.38. The molecule has 2 heterocycles. The fourth-order valence-electron chi connectivity index (χ4n) is 4.64. The van der Waals surface area contributed by atoms with Crippen LogP contribution in [0.25, 0.3) is 22.0 Å². The number of amides is 1. The summed E-state index contributed by atoms with van der Waals surface area (Å²) in [6, 6.07) is 18.6. The maximum Gasteiger partial charge on any atom is 0.326 e. The number of hydrogen-bond donors (Lipinski definition) is 4. The molecule has 0 aliphatic heterocycles. The highest BCUT2D eigenvalue weighted by atomic mass is 16.2. The summed E-state index contributed by atoms with van der Waals surface area (Å²) in [7, 11) is 0. The van der Waals surface area contributed by atoms with E-state index in [1.807, 2.05) is 23.2 Å². The summed E-state index contributed by atoms with van der Waals surface area (Å²) < 4.78 is 0. The fourth-order valence-corrected chi connectivity index (χ4v) is 4.64. The first-order valence-electron chi connectivity index (χ1n) is 10.9. The van der Waals surface area contributed by atoms with Crippen molar-refractivity contribution in [2.45, 2.75) is 31.2 Å². The number of nitrogen functional groups attached to an aromatic ring is 1. The second-order valence-electron chi connectivity index (χ2n) is 8.37. The number of nitrogens with zero attached hydrogens (tertiary/aromatic N) is 1. The minimum atomic E-state index is -0.768. The maximum absolute atomic E-state index is 12.6. The molecule has 2 aromatic carbocycles. The third-order valence-corrected chi connectivity index (χ3v) is 6.31. The average molecular weight is 441 g/mol. The number of aromatic amines is 2. The van der Waals surface area contributed by atoms with Gasteiger partial charge in [-0.1, -0.05) is 42.5 Å². The molecule has 2 aromatic heterocycles. The van der Waals surface area contributed by atoms with Crippen molar-refractivity contribution in [2.24, 2.45) is 0 Å². The normalized spacial score (nSPS) is 17.8. The van der Waals surface area contributed by atoms with E-state index >= 15 is 0 Å². The van der Waals surface area contributed by atoms with Gasteiger partial charge in [-0.05, 0) is 54.0 Å². The Morgan fingerprint density at radius 2 is 1.82 bits per heavy atom. The summed E-state index contributed by atoms with van der Waals surface area (Å²) in [5.74, 6) is -0.227. The molecule has 4 aromatic rings. The van der Waals surface area contributed by atoms with Crippen molar-refractivity contribution in [1.29, 1.82) is 0 Å². The molecule has 1 aliphatic carbocycles. The van der Waals surface area contributed by atoms with Crippen LogP contribution in [-0.2, 0) is 0 Å². The average Bonchev–Trinajstić information content (AvgIpc) is 3.29. The van der Waals surface area contributed by atoms with Crippen LogP contribution in [0.2, 0.25) is 0 Å². The molecule has 1 saturated carbocycles. The quantitative estimate of drug-likeness (QED) is 0.386. The van der Waals surface area contributed by atoms with Crippen molar-refractivity contribution in [3.8, 4) is 11.1 Å². The highest BCUT2D eigenvalue weighted by molar-refractivity contribution is 5.97. The number of anilines is 1. The Bertz CT molecular complexity index is 1450. The predicted molar refractivity (Wildman–Crippen MR) is 127 cm³/mol. The smallest absolute Gasteiger partial charge is 0.326 e. The van der Waals surface area contributed by atoms with Crippen LogP contribution in [0.15, 0.2) is 70.4 Å². The molecule has 1 fully saturated rings. The Hall–Kier alpha value is -4.20. The van der Waals surface area contributed by atoms with Crippen LogP contribution in [-0.4, -0.2) is 26.9 Å². The molecule has 33 heavy (non-hydrogen) atoms. The number of aromatic nitrogens is 3. The number of pyridine rings is 1. The van der Waals surface area contributed by atoms with Crippen LogP contribution in [0.1, 0.15) is 41.2 Å². The first-order valence-corrected chi connectivity index (χ1v) is 10.9. The van der Waals surface area contributed by atoms with Gasteiger partial charge in [-0.2, -0.15) is 0 Å². The van der Waals surface area contributed by atoms with Gasteiger partial charge in [0.2, 0.25) is 0 Å². The number of fused-ring (bicyclic) bond motifs is 1. The Morgan fingerprint density at radius 1 is 1.00 bits per heavy atom. The van der Waals surface area contributed by atoms with Crippen molar-refractivity contribution in [3.63, 3.8) is 0 Å². The maximum atomic E-state index is 12.6. The first kappa shape index (κ1) is 20.7. The van der Waals surface area contributed by atoms with Gasteiger partial charge in [0.15, 0.2) is 0 Å². The Morgan fingerprint density at radius 3 is 2.64 bits per heavy atom. The molecule has 1 amide bonds. The molecular weight excluding hydrogens is 418 g/mol. The van der Waals surface area contributed by atoms with Crippen LogP contribution >= 0.6 is 0 Å². The first-order chi connectivity index (χ1) is 16.0. The lowest BCUT2D eigenvalue weighted by atomic mass is 9.94. The SMILES string of the molecule is Nc1c(C(=O)N[C@@H]2CC[C@H](c3ccc(-c4cccc5ncccc45)cc3)C2)[nH]c(=O)[nH]c1=O. The lowest BCUT2D eigenvalue weighted by Gasteiger charge is -2.15. The Balaban J connectivity index is 1.30. The Labute approximate surface area is 188 Å². The van der Waals surface area contributed by atoms with E-state index in [-0.39, 0.29) is 17.4 Å². The fraction of sp³-hybridized carbons (Fsp3) is 0.200. The van der Waals surface area contributed by atoms with Gasteiger partial charge in [-0.3, -0.25) is 19.6 Å². The van der Waals surface area contributed by atoms with Gasteiger partial charge < -0.3 is 16.0 Å². The largest absolute Gasteiger partial charge is 0.392 e. The molecule has 166 valence electrons. The zero-order valence-corrected chi connectivity index (χ0v) is 17.8. The van der Waals surface area contributed by atoms with Gasteiger partial charge in [0, 0.05) is 17.6 Å². The highest BCUT2D eigenvalue weighted by Crippen LogP contribution is 2.36. The van der Waals surface area contributed by atoms with Gasteiger partial charge in [0.1, 0.15) is 11.4 Å². The summed E-state index contributed by atoms with van der Waals surface area (Å²) in [6.07, 6.45) is 4.31. The molecule has 2 atom stereocenters. The highest BCUT2D eigenvalue weighted by Gasteiger charge is 2.28. The molecule has 0 unspecified atom stereocenters. The summed E-state index contributed by atoms with van der Waals surface area (Å²) in [5.41, 5.74) is 8.12. The zero-order chi connectivity index (χ0) is 22.9. The lowest BCUT2D eigenvalue weighted by molar-refractivity contribution is 0.0933. The monoisotopic (exact) mass is 441 g/mol. The van der Waals surface area contributed by atoms with E-state index < -0.39 is 17.2 Å². The zero-order valence-electron chi connectivity index (χ0n) is 17.8. The molecule has 1 aliphatic rings. The molecule has 0 bridgehead atoms. The van der Waals surface area contributed by atoms with Gasteiger partial charge in [-0.25, -0.2) is 4.79 Å². The van der Waals surface area contributed by atoms with Crippen molar-refractivity contribution in [1.82, 2.24) is 20.3 Å². The molecule has 8 heteroatoms. The van der Waals surface area contributed by atoms with E-state index in [0.717, 1.165) is 41.3 Å². The topological polar surface area (TPSA) is 134 Å². The van der Waals surface area contributed by atoms with Crippen LogP contribution in [0.5, 0.6) is 0 Å². The predicted octanol–water partition coefficient (Wildman–Crippen LogP) is 2.93. The van der Waals surface area contributed by atoms with E-state index in [1.165, 1.54) is 5.56 Å². The van der Waals surface area contributed by atoms with Crippen LogP contribution < -0.4 is 22.3 Å². The third kappa shape index (κ3) is 4.03. The van der Waals surface area contributed by atoms with Gasteiger partial charge in [0.05, 0.1) is 5.52 Å². The lowest BCUT2D eigenvalue weighted by Crippen LogP contribution is -2.37. The summed E-state index contributed by atoms with van der Waals surface area (Å²) in [4.78, 5) is 44.5. The number of hydrogen-bond acceptors (Lipinski definition) is 5. The van der Waals surface area contributed by atoms with Gasteiger partial charge in [0.25, 0.3) is 11.5 Å². The number of benzene rings is 2. The Kier molecular flexibility index (Phi) is 5.26. The minimum Gasteiger partial charge on any atom is -0.392 e. The van der Waals surface area contributed by atoms with Gasteiger partial charge >= 0.3 is 5.69 Å². The van der Waals surface area contributed by atoms with Crippen LogP contribution in [0.3, 0.4) is 0 Å². The number of carbonyl (C=O) groups excluding carboxylic acids is 1. The standard InChI is InChI=1S/C25H23N5O3/c26-21-22(29-25(33)30-23(21)31)24(32)28-17-11-10-16(13-17)14-6-8-15(9-7-14)18-3-1-5-20-19(18)4-2-12-27-20/h1-9,12,16-17H,10-11,13,26H2,(H,28,32)(H2,29,30,31,33)/t16-,17+/m0/s1. The van der Waals surface area contributed by atoms with E-state index in [0.29, 0.717) is 5.92 Å². The molecule has 5 rings (SSSR count). The molecule has 0 saturated heterocycles. The summed E-state index contributed by atoms with van der Waals surface area (Å²) in [5, 5.41) is 4.02. The molecular formula is C25H23N5O3. The number of nitrogens with one attached hydrogen (secondary N) is 3. The number of H-pyrrole nitrogens is 2. The summed E-state index contributed by atoms with van der Waals surface area (Å²) >= 11 is 0. The van der Waals surface area contributed by atoms with Gasteiger partial charge in [-0.15, -0.1) is 0 Å². The molecule has 5 N–H and O–H groups in total. The second-order valence-corrected chi connectivity index (χ2v) is 8.37. The number of nitrogens with two attached hydrogens (primary N) is 1. The summed E-state index contributed by atoms with van der Waals surface area (Å²) in [6.45, 7) is 0. The van der Waals surface area contributed by atoms with Crippen molar-refractivity contribution in [2.75, 3.05) is 5.73 Å². The third-order valence-electron chi connectivity index (χ3n) is 6.31.